The number of amides is 3. The molecule has 0 saturated carbocycles. The zero-order chi connectivity index (χ0) is 40.6. The van der Waals surface area contributed by atoms with Gasteiger partial charge in [-0.3, -0.25) is 14.4 Å². The average Bonchev–Trinajstić information content (AvgIpc) is 3.69. The van der Waals surface area contributed by atoms with Crippen LogP contribution in [0.2, 0.25) is 0 Å². The molecule has 5 atom stereocenters. The molecular weight excluding hydrogens is 750 g/mol. The van der Waals surface area contributed by atoms with Crippen LogP contribution in [0.1, 0.15) is 30.5 Å². The Balaban J connectivity index is 1.20. The van der Waals surface area contributed by atoms with Crippen LogP contribution in [-0.4, -0.2) is 98.9 Å². The molecule has 2 fully saturated rings. The molecule has 2 saturated heterocycles. The Morgan fingerprint density at radius 3 is 1.51 bits per heavy atom. The van der Waals surface area contributed by atoms with Gasteiger partial charge in [0.25, 0.3) is 0 Å². The van der Waals surface area contributed by atoms with Crippen LogP contribution in [0.15, 0.2) is 91.0 Å². The summed E-state index contributed by atoms with van der Waals surface area (Å²) in [7, 11) is 0. The molecule has 0 spiro atoms. The summed E-state index contributed by atoms with van der Waals surface area (Å²) < 4.78 is 49.8. The van der Waals surface area contributed by atoms with E-state index in [4.69, 9.17) is 42.6 Å². The molecule has 18 heteroatoms. The predicted molar refractivity (Wildman–Crippen MR) is 193 cm³/mol. The van der Waals surface area contributed by atoms with E-state index in [-0.39, 0.29) is 19.8 Å². The number of carbonyl (C=O) groups excluding carboxylic acids is 6. The van der Waals surface area contributed by atoms with Crippen molar-refractivity contribution < 1.29 is 71.4 Å². The van der Waals surface area contributed by atoms with E-state index in [1.165, 1.54) is 0 Å². The highest BCUT2D eigenvalue weighted by atomic mass is 16.8. The van der Waals surface area contributed by atoms with E-state index in [1.54, 1.807) is 92.7 Å². The lowest BCUT2D eigenvalue weighted by atomic mass is 10.1. The lowest BCUT2D eigenvalue weighted by Gasteiger charge is -2.30. The molecule has 2 aliphatic rings. The van der Waals surface area contributed by atoms with E-state index in [0.29, 0.717) is 5.56 Å². The second-order valence-corrected chi connectivity index (χ2v) is 13.0. The fourth-order valence-corrected chi connectivity index (χ4v) is 5.52. The molecule has 2 aliphatic heterocycles. The average molecular weight is 794 g/mol. The molecule has 0 bridgehead atoms. The zero-order valence-electron chi connectivity index (χ0n) is 31.1. The fourth-order valence-electron chi connectivity index (χ4n) is 5.52. The Morgan fingerprint density at radius 1 is 0.596 bits per heavy atom. The van der Waals surface area contributed by atoms with Gasteiger partial charge in [0.15, 0.2) is 30.4 Å². The summed E-state index contributed by atoms with van der Waals surface area (Å²) in [6.07, 6.45) is -9.07. The van der Waals surface area contributed by atoms with Gasteiger partial charge in [-0.2, -0.15) is 0 Å². The highest BCUT2D eigenvalue weighted by Gasteiger charge is 2.59. The van der Waals surface area contributed by atoms with Crippen LogP contribution < -0.4 is 16.0 Å². The maximum atomic E-state index is 13.1. The van der Waals surface area contributed by atoms with E-state index >= 15 is 0 Å². The molecule has 0 radical (unpaired) electrons. The van der Waals surface area contributed by atoms with Crippen molar-refractivity contribution in [2.45, 2.75) is 70.2 Å². The largest absolute Gasteiger partial charge is 0.460 e. The van der Waals surface area contributed by atoms with E-state index in [1.807, 2.05) is 12.1 Å². The third kappa shape index (κ3) is 13.8. The molecule has 304 valence electrons. The first kappa shape index (κ1) is 41.9. The lowest BCUT2D eigenvalue weighted by Crippen LogP contribution is -2.49. The molecule has 3 aromatic rings. The SMILES string of the molecule is CC1(C)O[C@@H]2O[C@H]([C@@H](COC(=O)CNC(=O)OCc3ccccc3)OC(=O)CNC(=O)OCc3ccccc3)[C@@H](OC(=O)CNC(=O)OCc3ccccc3)[C@H]2O1. The molecule has 2 heterocycles. The number of hydrogen-bond acceptors (Lipinski definition) is 15. The molecule has 3 N–H and O–H groups in total. The van der Waals surface area contributed by atoms with Gasteiger partial charge in [-0.1, -0.05) is 91.0 Å². The van der Waals surface area contributed by atoms with E-state index < -0.39 is 98.9 Å². The normalized spacial score (nSPS) is 19.5. The summed E-state index contributed by atoms with van der Waals surface area (Å²) in [6.45, 7) is 0.473. The maximum Gasteiger partial charge on any atom is 0.407 e. The van der Waals surface area contributed by atoms with Gasteiger partial charge in [-0.05, 0) is 30.5 Å². The van der Waals surface area contributed by atoms with Crippen LogP contribution in [-0.2, 0) is 76.8 Å². The number of ether oxygens (including phenoxy) is 9. The van der Waals surface area contributed by atoms with Gasteiger partial charge in [0.2, 0.25) is 0 Å². The summed E-state index contributed by atoms with van der Waals surface area (Å²) in [5.41, 5.74) is 2.17. The quantitative estimate of drug-likeness (QED) is 0.132. The topological polar surface area (TPSA) is 222 Å². The third-order valence-corrected chi connectivity index (χ3v) is 8.12. The first-order valence-electron chi connectivity index (χ1n) is 17.8. The molecule has 3 amide bonds. The van der Waals surface area contributed by atoms with Crippen LogP contribution in [0.3, 0.4) is 0 Å². The molecular formula is C39H43N3O15. The minimum Gasteiger partial charge on any atom is -0.460 e. The number of benzene rings is 3. The number of alkyl carbamates (subject to hydrolysis) is 3. The first-order chi connectivity index (χ1) is 27.4. The summed E-state index contributed by atoms with van der Waals surface area (Å²) in [6, 6.07) is 26.6. The number of fused-ring (bicyclic) bond motifs is 1. The van der Waals surface area contributed by atoms with Crippen molar-refractivity contribution in [2.75, 3.05) is 26.2 Å². The molecule has 0 aromatic heterocycles. The van der Waals surface area contributed by atoms with E-state index in [2.05, 4.69) is 16.0 Å². The monoisotopic (exact) mass is 793 g/mol. The van der Waals surface area contributed by atoms with Gasteiger partial charge in [0.1, 0.15) is 52.2 Å². The van der Waals surface area contributed by atoms with Crippen molar-refractivity contribution >= 4 is 36.2 Å². The third-order valence-electron chi connectivity index (χ3n) is 8.12. The maximum absolute atomic E-state index is 13.1. The van der Waals surface area contributed by atoms with Crippen molar-refractivity contribution in [3.8, 4) is 0 Å². The van der Waals surface area contributed by atoms with Gasteiger partial charge in [0.05, 0.1) is 0 Å². The Kier molecular flexibility index (Phi) is 15.2. The minimum absolute atomic E-state index is 0.0413. The smallest absolute Gasteiger partial charge is 0.407 e. The van der Waals surface area contributed by atoms with Crippen LogP contribution in [0.5, 0.6) is 0 Å². The first-order valence-corrected chi connectivity index (χ1v) is 17.8. The number of carbonyl (C=O) groups is 6. The second kappa shape index (κ2) is 20.6. The van der Waals surface area contributed by atoms with Gasteiger partial charge in [-0.25, -0.2) is 14.4 Å². The van der Waals surface area contributed by atoms with Gasteiger partial charge < -0.3 is 58.6 Å². The van der Waals surface area contributed by atoms with Crippen LogP contribution >= 0.6 is 0 Å². The van der Waals surface area contributed by atoms with Crippen LogP contribution in [0.25, 0.3) is 0 Å². The van der Waals surface area contributed by atoms with Gasteiger partial charge in [-0.15, -0.1) is 0 Å². The Bertz CT molecular complexity index is 1810. The van der Waals surface area contributed by atoms with Crippen molar-refractivity contribution in [3.05, 3.63) is 108 Å². The van der Waals surface area contributed by atoms with Crippen molar-refractivity contribution in [3.63, 3.8) is 0 Å². The standard InChI is InChI=1S/C39H43N3O15/c1-39(2)56-34-33(54-31(45)20-42-38(48)52-23-27-16-10-5-11-17-27)32(55-35(34)57-39)28(53-30(44)19-41-37(47)51-22-26-14-8-4-9-15-26)24-49-29(43)18-40-36(46)50-21-25-12-6-3-7-13-25/h3-17,28,32-35H,18-24H2,1-2H3,(H,40,46)(H,41,47)(H,42,48)/t28-,32-,33-,34-,35+/m1/s1. The highest BCUT2D eigenvalue weighted by molar-refractivity contribution is 5.79. The van der Waals surface area contributed by atoms with Crippen molar-refractivity contribution in [1.82, 2.24) is 16.0 Å². The zero-order valence-corrected chi connectivity index (χ0v) is 31.1. The van der Waals surface area contributed by atoms with E-state index in [0.717, 1.165) is 11.1 Å². The molecule has 57 heavy (non-hydrogen) atoms. The van der Waals surface area contributed by atoms with Crippen molar-refractivity contribution in [1.29, 1.82) is 0 Å². The second-order valence-electron chi connectivity index (χ2n) is 13.0. The minimum atomic E-state index is -1.49. The number of nitrogens with one attached hydrogen (secondary N) is 3. The predicted octanol–water partition coefficient (Wildman–Crippen LogP) is 3.01. The van der Waals surface area contributed by atoms with Gasteiger partial charge >= 0.3 is 36.2 Å². The van der Waals surface area contributed by atoms with Crippen LogP contribution in [0, 0.1) is 0 Å². The summed E-state index contributed by atoms with van der Waals surface area (Å²) in [4.78, 5) is 75.7. The molecule has 0 unspecified atom stereocenters. The summed E-state index contributed by atoms with van der Waals surface area (Å²) >= 11 is 0. The highest BCUT2D eigenvalue weighted by Crippen LogP contribution is 2.40. The fraction of sp³-hybridized carbons (Fsp3) is 0.385. The lowest BCUT2D eigenvalue weighted by molar-refractivity contribution is -0.234. The van der Waals surface area contributed by atoms with Crippen molar-refractivity contribution in [2.24, 2.45) is 0 Å². The van der Waals surface area contributed by atoms with Gasteiger partial charge in [0, 0.05) is 0 Å². The molecule has 5 rings (SSSR count). The van der Waals surface area contributed by atoms with E-state index in [9.17, 15) is 28.8 Å². The number of hydrogen-bond donors (Lipinski definition) is 3. The molecule has 18 nitrogen and oxygen atoms in total. The summed E-state index contributed by atoms with van der Waals surface area (Å²) in [5, 5.41) is 6.86. The number of esters is 3. The molecule has 0 aliphatic carbocycles. The molecule has 3 aromatic carbocycles. The Labute approximate surface area is 327 Å². The Morgan fingerprint density at radius 2 is 1.04 bits per heavy atom. The Hall–Kier alpha value is -6.24. The summed E-state index contributed by atoms with van der Waals surface area (Å²) in [5.74, 6) is -4.07. The number of rotatable bonds is 17. The van der Waals surface area contributed by atoms with Crippen LogP contribution in [0.4, 0.5) is 14.4 Å².